The van der Waals surface area contributed by atoms with E-state index in [4.69, 9.17) is 0 Å². The fourth-order valence-electron chi connectivity index (χ4n) is 3.26. The number of fused-ring (bicyclic) bond motifs is 2. The second kappa shape index (κ2) is 3.98. The number of amides is 1. The zero-order chi connectivity index (χ0) is 13.0. The van der Waals surface area contributed by atoms with E-state index in [2.05, 4.69) is 51.5 Å². The van der Waals surface area contributed by atoms with Gasteiger partial charge in [0, 0.05) is 18.0 Å². The summed E-state index contributed by atoms with van der Waals surface area (Å²) in [7, 11) is 2.16. The monoisotopic (exact) mass is 238 g/mol. The van der Waals surface area contributed by atoms with E-state index in [9.17, 15) is 4.79 Å². The molecule has 0 aromatic rings. The van der Waals surface area contributed by atoms with Crippen LogP contribution in [0.4, 0.5) is 0 Å². The lowest BCUT2D eigenvalue weighted by molar-refractivity contribution is -0.142. The van der Waals surface area contributed by atoms with Crippen molar-refractivity contribution in [1.82, 2.24) is 9.80 Å². The number of hydrogen-bond donors (Lipinski definition) is 0. The molecule has 4 unspecified atom stereocenters. The number of likely N-dealkylation sites (tertiary alicyclic amines) is 1. The molecule has 2 aliphatic heterocycles. The summed E-state index contributed by atoms with van der Waals surface area (Å²) in [5, 5.41) is 0. The van der Waals surface area contributed by atoms with Gasteiger partial charge in [-0.25, -0.2) is 0 Å². The predicted octanol–water partition coefficient (Wildman–Crippen LogP) is 2.32. The van der Waals surface area contributed by atoms with E-state index in [-0.39, 0.29) is 11.3 Å². The number of rotatable bonds is 1. The summed E-state index contributed by atoms with van der Waals surface area (Å²) in [5.41, 5.74) is 0.0528. The summed E-state index contributed by atoms with van der Waals surface area (Å²) in [5.74, 6) is 0.432. The first-order chi connectivity index (χ1) is 7.75. The van der Waals surface area contributed by atoms with Crippen LogP contribution >= 0.6 is 0 Å². The van der Waals surface area contributed by atoms with Gasteiger partial charge in [0.05, 0.1) is 6.17 Å². The molecule has 2 heterocycles. The average molecular weight is 238 g/mol. The van der Waals surface area contributed by atoms with Crippen molar-refractivity contribution in [3.63, 3.8) is 0 Å². The standard InChI is InChI=1S/C14H26N2O/c1-9(14(3,4)5)13(17)16-10(2)11-7-8-12(16)15(11)6/h9-12H,7-8H2,1-6H3. The molecular weight excluding hydrogens is 212 g/mol. The van der Waals surface area contributed by atoms with Crippen molar-refractivity contribution in [1.29, 1.82) is 0 Å². The molecule has 0 saturated carbocycles. The minimum atomic E-state index is 0.0528. The van der Waals surface area contributed by atoms with Crippen LogP contribution in [0.2, 0.25) is 0 Å². The normalized spacial score (nSPS) is 35.4. The predicted molar refractivity (Wildman–Crippen MR) is 69.5 cm³/mol. The molecule has 1 amide bonds. The lowest BCUT2D eigenvalue weighted by Gasteiger charge is -2.37. The highest BCUT2D eigenvalue weighted by atomic mass is 16.2. The topological polar surface area (TPSA) is 23.6 Å². The zero-order valence-electron chi connectivity index (χ0n) is 12.0. The second-order valence-electron chi connectivity index (χ2n) is 6.86. The second-order valence-corrected chi connectivity index (χ2v) is 6.86. The van der Waals surface area contributed by atoms with Gasteiger partial charge < -0.3 is 4.90 Å². The van der Waals surface area contributed by atoms with Crippen molar-refractivity contribution in [2.45, 2.75) is 65.7 Å². The molecule has 2 fully saturated rings. The molecule has 2 saturated heterocycles. The van der Waals surface area contributed by atoms with Gasteiger partial charge in [0.2, 0.25) is 5.91 Å². The molecule has 3 heteroatoms. The number of piperidine rings is 1. The van der Waals surface area contributed by atoms with Gasteiger partial charge in [-0.05, 0) is 32.2 Å². The van der Waals surface area contributed by atoms with Crippen LogP contribution in [-0.4, -0.2) is 41.0 Å². The van der Waals surface area contributed by atoms with E-state index in [0.717, 1.165) is 6.42 Å². The fraction of sp³-hybridized carbons (Fsp3) is 0.929. The van der Waals surface area contributed by atoms with Gasteiger partial charge in [-0.1, -0.05) is 27.7 Å². The maximum absolute atomic E-state index is 12.6. The molecule has 2 bridgehead atoms. The molecule has 0 radical (unpaired) electrons. The van der Waals surface area contributed by atoms with E-state index in [1.54, 1.807) is 0 Å². The van der Waals surface area contributed by atoms with Gasteiger partial charge in [-0.2, -0.15) is 0 Å². The summed E-state index contributed by atoms with van der Waals surface area (Å²) >= 11 is 0. The zero-order valence-corrected chi connectivity index (χ0v) is 12.0. The molecule has 2 rings (SSSR count). The first kappa shape index (κ1) is 12.9. The summed E-state index contributed by atoms with van der Waals surface area (Å²) < 4.78 is 0. The van der Waals surface area contributed by atoms with Crippen LogP contribution in [0.25, 0.3) is 0 Å². The minimum Gasteiger partial charge on any atom is -0.322 e. The highest BCUT2D eigenvalue weighted by molar-refractivity contribution is 5.80. The van der Waals surface area contributed by atoms with Crippen molar-refractivity contribution in [3.05, 3.63) is 0 Å². The lowest BCUT2D eigenvalue weighted by Crippen LogP contribution is -2.49. The number of carbonyl (C=O) groups excluding carboxylic acids is 1. The Kier molecular flexibility index (Phi) is 3.01. The maximum Gasteiger partial charge on any atom is 0.227 e. The summed E-state index contributed by atoms with van der Waals surface area (Å²) in [6.45, 7) is 10.7. The Morgan fingerprint density at radius 2 is 1.88 bits per heavy atom. The molecule has 3 nitrogen and oxygen atoms in total. The molecular formula is C14H26N2O. The van der Waals surface area contributed by atoms with Crippen LogP contribution in [0.15, 0.2) is 0 Å². The van der Waals surface area contributed by atoms with Gasteiger partial charge in [-0.3, -0.25) is 9.69 Å². The Balaban J connectivity index is 2.16. The van der Waals surface area contributed by atoms with Crippen LogP contribution in [0, 0.1) is 11.3 Å². The van der Waals surface area contributed by atoms with Crippen molar-refractivity contribution in [3.8, 4) is 0 Å². The molecule has 17 heavy (non-hydrogen) atoms. The Morgan fingerprint density at radius 1 is 1.29 bits per heavy atom. The van der Waals surface area contributed by atoms with Crippen LogP contribution in [0.1, 0.15) is 47.5 Å². The molecule has 0 N–H and O–H groups in total. The van der Waals surface area contributed by atoms with Crippen molar-refractivity contribution in [2.75, 3.05) is 7.05 Å². The highest BCUT2D eigenvalue weighted by Gasteiger charge is 2.51. The van der Waals surface area contributed by atoms with Gasteiger partial charge in [0.15, 0.2) is 0 Å². The smallest absolute Gasteiger partial charge is 0.227 e. The van der Waals surface area contributed by atoms with Gasteiger partial charge in [0.25, 0.3) is 0 Å². The van der Waals surface area contributed by atoms with Gasteiger partial charge in [-0.15, -0.1) is 0 Å². The molecule has 98 valence electrons. The third-order valence-electron chi connectivity index (χ3n) is 4.95. The van der Waals surface area contributed by atoms with Crippen LogP contribution in [0.5, 0.6) is 0 Å². The van der Waals surface area contributed by atoms with E-state index in [1.807, 2.05) is 0 Å². The minimum absolute atomic E-state index is 0.0528. The Morgan fingerprint density at radius 3 is 2.29 bits per heavy atom. The van der Waals surface area contributed by atoms with Crippen LogP contribution < -0.4 is 0 Å². The van der Waals surface area contributed by atoms with Gasteiger partial charge >= 0.3 is 0 Å². The SMILES string of the molecule is CC1C2CCC(N2C)N1C(=O)C(C)C(C)(C)C. The number of carbonyl (C=O) groups is 1. The van der Waals surface area contributed by atoms with Gasteiger partial charge in [0.1, 0.15) is 0 Å². The summed E-state index contributed by atoms with van der Waals surface area (Å²) in [6, 6.07) is 0.965. The molecule has 2 aliphatic rings. The van der Waals surface area contributed by atoms with Crippen LogP contribution in [0.3, 0.4) is 0 Å². The number of nitrogens with zero attached hydrogens (tertiary/aromatic N) is 2. The number of likely N-dealkylation sites (N-methyl/N-ethyl adjacent to an activating group) is 1. The quantitative estimate of drug-likeness (QED) is 0.700. The third-order valence-corrected chi connectivity index (χ3v) is 4.95. The fourth-order valence-corrected chi connectivity index (χ4v) is 3.26. The van der Waals surface area contributed by atoms with E-state index >= 15 is 0 Å². The summed E-state index contributed by atoms with van der Waals surface area (Å²) in [6.07, 6.45) is 2.75. The molecule has 4 atom stereocenters. The molecule has 0 aromatic heterocycles. The molecule has 0 spiro atoms. The van der Waals surface area contributed by atoms with E-state index in [0.29, 0.717) is 24.2 Å². The average Bonchev–Trinajstić information content (AvgIpc) is 2.68. The lowest BCUT2D eigenvalue weighted by atomic mass is 9.80. The van der Waals surface area contributed by atoms with Crippen molar-refractivity contribution < 1.29 is 4.79 Å². The Labute approximate surface area is 105 Å². The Bertz CT molecular complexity index is 321. The highest BCUT2D eigenvalue weighted by Crippen LogP contribution is 2.40. The first-order valence-electron chi connectivity index (χ1n) is 6.79. The largest absolute Gasteiger partial charge is 0.322 e. The maximum atomic E-state index is 12.6. The summed E-state index contributed by atoms with van der Waals surface area (Å²) in [4.78, 5) is 17.2. The van der Waals surface area contributed by atoms with Crippen LogP contribution in [-0.2, 0) is 4.79 Å². The third kappa shape index (κ3) is 1.88. The van der Waals surface area contributed by atoms with Crippen molar-refractivity contribution >= 4 is 5.91 Å². The van der Waals surface area contributed by atoms with E-state index < -0.39 is 0 Å². The van der Waals surface area contributed by atoms with Crippen molar-refractivity contribution in [2.24, 2.45) is 11.3 Å². The van der Waals surface area contributed by atoms with E-state index in [1.165, 1.54) is 6.42 Å². The molecule has 0 aromatic carbocycles. The number of hydrogen-bond acceptors (Lipinski definition) is 2. The Hall–Kier alpha value is -0.570. The first-order valence-corrected chi connectivity index (χ1v) is 6.79. The molecule has 0 aliphatic carbocycles.